The van der Waals surface area contributed by atoms with Gasteiger partial charge in [-0.2, -0.15) is 0 Å². The van der Waals surface area contributed by atoms with Crippen molar-refractivity contribution in [2.24, 2.45) is 0 Å². The molecule has 0 spiro atoms. The van der Waals surface area contributed by atoms with Gasteiger partial charge in [-0.3, -0.25) is 9.97 Å². The van der Waals surface area contributed by atoms with Gasteiger partial charge in [-0.25, -0.2) is 0 Å². The summed E-state index contributed by atoms with van der Waals surface area (Å²) in [7, 11) is 0. The lowest BCUT2D eigenvalue weighted by Gasteiger charge is -2.20. The van der Waals surface area contributed by atoms with E-state index >= 15 is 0 Å². The number of halogens is 1. The quantitative estimate of drug-likeness (QED) is 0.940. The highest BCUT2D eigenvalue weighted by molar-refractivity contribution is 6.32. The molecule has 5 nitrogen and oxygen atoms in total. The molecule has 1 N–H and O–H groups in total. The lowest BCUT2D eigenvalue weighted by Crippen LogP contribution is -2.17. The average Bonchev–Trinajstić information content (AvgIpc) is 2.49. The van der Waals surface area contributed by atoms with E-state index in [1.54, 1.807) is 12.4 Å². The minimum atomic E-state index is 0.538. The molecule has 0 bridgehead atoms. The van der Waals surface area contributed by atoms with E-state index < -0.39 is 0 Å². The van der Waals surface area contributed by atoms with E-state index in [9.17, 15) is 0 Å². The van der Waals surface area contributed by atoms with Crippen LogP contribution >= 0.6 is 11.6 Å². The third-order valence-electron chi connectivity index (χ3n) is 3.13. The number of benzene rings is 1. The summed E-state index contributed by atoms with van der Waals surface area (Å²) in [6.07, 6.45) is 3.54. The zero-order chi connectivity index (χ0) is 14.7. The maximum absolute atomic E-state index is 6.21. The Balaban J connectivity index is 1.63. The molecule has 6 heteroatoms. The summed E-state index contributed by atoms with van der Waals surface area (Å²) in [6, 6.07) is 3.84. The van der Waals surface area contributed by atoms with Crippen molar-refractivity contribution in [3.05, 3.63) is 46.5 Å². The minimum absolute atomic E-state index is 0.538. The van der Waals surface area contributed by atoms with E-state index in [-0.39, 0.29) is 0 Å². The van der Waals surface area contributed by atoms with E-state index in [4.69, 9.17) is 21.1 Å². The standard InChI is InChI=1S/C15H16ClN3O2/c1-10-6-19-12(9-18-10)8-17-7-11-4-13(16)15-14(5-11)20-2-3-21-15/h4-6,9,17H,2-3,7-8H2,1H3. The average molecular weight is 306 g/mol. The zero-order valence-corrected chi connectivity index (χ0v) is 12.5. The Kier molecular flexibility index (Phi) is 4.22. The van der Waals surface area contributed by atoms with Gasteiger partial charge in [0.1, 0.15) is 13.2 Å². The summed E-state index contributed by atoms with van der Waals surface area (Å²) in [5.41, 5.74) is 2.87. The van der Waals surface area contributed by atoms with Crippen LogP contribution in [0.2, 0.25) is 5.02 Å². The van der Waals surface area contributed by atoms with Crippen LogP contribution in [0.25, 0.3) is 0 Å². The molecule has 0 saturated carbocycles. The number of aryl methyl sites for hydroxylation is 1. The van der Waals surface area contributed by atoms with E-state index in [0.29, 0.717) is 42.8 Å². The third kappa shape index (κ3) is 3.43. The second-order valence-electron chi connectivity index (χ2n) is 4.85. The Morgan fingerprint density at radius 3 is 2.81 bits per heavy atom. The van der Waals surface area contributed by atoms with Gasteiger partial charge in [0.2, 0.25) is 0 Å². The van der Waals surface area contributed by atoms with Gasteiger partial charge in [0.15, 0.2) is 11.5 Å². The fraction of sp³-hybridized carbons (Fsp3) is 0.333. The Morgan fingerprint density at radius 2 is 2.00 bits per heavy atom. The van der Waals surface area contributed by atoms with Gasteiger partial charge in [-0.1, -0.05) is 11.6 Å². The van der Waals surface area contributed by atoms with E-state index in [2.05, 4.69) is 15.3 Å². The summed E-state index contributed by atoms with van der Waals surface area (Å²) in [5.74, 6) is 1.34. The monoisotopic (exact) mass is 305 g/mol. The highest BCUT2D eigenvalue weighted by atomic mass is 35.5. The van der Waals surface area contributed by atoms with Crippen LogP contribution in [-0.2, 0) is 13.1 Å². The van der Waals surface area contributed by atoms with Gasteiger partial charge in [0.25, 0.3) is 0 Å². The molecule has 3 rings (SSSR count). The Labute approximate surface area is 128 Å². The second-order valence-corrected chi connectivity index (χ2v) is 5.26. The van der Waals surface area contributed by atoms with Crippen LogP contribution in [0.15, 0.2) is 24.5 Å². The molecule has 1 aliphatic heterocycles. The summed E-state index contributed by atoms with van der Waals surface area (Å²) in [4.78, 5) is 8.52. The van der Waals surface area contributed by atoms with E-state index in [1.165, 1.54) is 0 Å². The molecule has 21 heavy (non-hydrogen) atoms. The number of ether oxygens (including phenoxy) is 2. The number of nitrogens with one attached hydrogen (secondary N) is 1. The molecule has 0 amide bonds. The summed E-state index contributed by atoms with van der Waals surface area (Å²) >= 11 is 6.21. The van der Waals surface area contributed by atoms with Crippen LogP contribution in [0.3, 0.4) is 0 Å². The van der Waals surface area contributed by atoms with Gasteiger partial charge in [0, 0.05) is 25.5 Å². The van der Waals surface area contributed by atoms with Crippen LogP contribution in [-0.4, -0.2) is 23.2 Å². The number of aromatic nitrogens is 2. The summed E-state index contributed by atoms with van der Waals surface area (Å²) in [5, 5.41) is 3.90. The lowest BCUT2D eigenvalue weighted by atomic mass is 10.2. The van der Waals surface area contributed by atoms with E-state index in [1.807, 2.05) is 19.1 Å². The molecule has 1 aromatic carbocycles. The van der Waals surface area contributed by atoms with Crippen molar-refractivity contribution in [2.75, 3.05) is 13.2 Å². The Hall–Kier alpha value is -1.85. The number of fused-ring (bicyclic) bond motifs is 1. The van der Waals surface area contributed by atoms with Gasteiger partial charge >= 0.3 is 0 Å². The van der Waals surface area contributed by atoms with E-state index in [0.717, 1.165) is 17.0 Å². The predicted octanol–water partition coefficient (Wildman–Crippen LogP) is 2.50. The van der Waals surface area contributed by atoms with Crippen LogP contribution in [0.1, 0.15) is 17.0 Å². The fourth-order valence-corrected chi connectivity index (χ4v) is 2.40. The van der Waals surface area contributed by atoms with Crippen molar-refractivity contribution in [2.45, 2.75) is 20.0 Å². The number of hydrogen-bond donors (Lipinski definition) is 1. The maximum atomic E-state index is 6.21. The van der Waals surface area contributed by atoms with Crippen LogP contribution in [0, 0.1) is 6.92 Å². The molecule has 2 heterocycles. The van der Waals surface area contributed by atoms with Gasteiger partial charge in [-0.05, 0) is 24.6 Å². The molecule has 110 valence electrons. The first-order valence-electron chi connectivity index (χ1n) is 6.78. The topological polar surface area (TPSA) is 56.3 Å². The van der Waals surface area contributed by atoms with Crippen molar-refractivity contribution in [3.63, 3.8) is 0 Å². The highest BCUT2D eigenvalue weighted by Gasteiger charge is 2.16. The first-order chi connectivity index (χ1) is 10.2. The van der Waals surface area contributed by atoms with Crippen molar-refractivity contribution in [1.82, 2.24) is 15.3 Å². The second kappa shape index (κ2) is 6.28. The van der Waals surface area contributed by atoms with Gasteiger partial charge in [-0.15, -0.1) is 0 Å². The predicted molar refractivity (Wildman–Crippen MR) is 79.8 cm³/mol. The largest absolute Gasteiger partial charge is 0.486 e. The summed E-state index contributed by atoms with van der Waals surface area (Å²) < 4.78 is 11.1. The van der Waals surface area contributed by atoms with Crippen LogP contribution in [0.5, 0.6) is 11.5 Å². The van der Waals surface area contributed by atoms with Crippen molar-refractivity contribution < 1.29 is 9.47 Å². The fourth-order valence-electron chi connectivity index (χ4n) is 2.11. The van der Waals surface area contributed by atoms with Crippen molar-refractivity contribution in [1.29, 1.82) is 0 Å². The molecule has 1 aromatic heterocycles. The minimum Gasteiger partial charge on any atom is -0.486 e. The third-order valence-corrected chi connectivity index (χ3v) is 3.41. The molecule has 0 fully saturated rings. The highest BCUT2D eigenvalue weighted by Crippen LogP contribution is 2.38. The zero-order valence-electron chi connectivity index (χ0n) is 11.7. The summed E-state index contributed by atoms with van der Waals surface area (Å²) in [6.45, 7) is 4.34. The lowest BCUT2D eigenvalue weighted by molar-refractivity contribution is 0.171. The Bertz CT molecular complexity index is 632. The first kappa shape index (κ1) is 14.1. The Morgan fingerprint density at radius 1 is 1.14 bits per heavy atom. The molecular weight excluding hydrogens is 290 g/mol. The number of nitrogens with zero attached hydrogens (tertiary/aromatic N) is 2. The number of rotatable bonds is 4. The molecule has 1 aliphatic rings. The molecule has 2 aromatic rings. The molecule has 0 radical (unpaired) electrons. The van der Waals surface area contributed by atoms with Gasteiger partial charge in [0.05, 0.1) is 16.4 Å². The van der Waals surface area contributed by atoms with Crippen molar-refractivity contribution >= 4 is 11.6 Å². The van der Waals surface area contributed by atoms with Crippen molar-refractivity contribution in [3.8, 4) is 11.5 Å². The molecule has 0 unspecified atom stereocenters. The van der Waals surface area contributed by atoms with Gasteiger partial charge < -0.3 is 14.8 Å². The van der Waals surface area contributed by atoms with Crippen LogP contribution in [0.4, 0.5) is 0 Å². The smallest absolute Gasteiger partial charge is 0.179 e. The molecular formula is C15H16ClN3O2. The first-order valence-corrected chi connectivity index (χ1v) is 7.16. The number of hydrogen-bond acceptors (Lipinski definition) is 5. The molecule has 0 atom stereocenters. The molecule has 0 saturated heterocycles. The van der Waals surface area contributed by atoms with Crippen LogP contribution < -0.4 is 14.8 Å². The SMILES string of the molecule is Cc1cnc(CNCc2cc(Cl)c3c(c2)OCCO3)cn1. The normalized spacial score (nSPS) is 13.2. The maximum Gasteiger partial charge on any atom is 0.179 e. The molecule has 0 aliphatic carbocycles.